The van der Waals surface area contributed by atoms with Crippen LogP contribution in [0.3, 0.4) is 0 Å². The molecule has 0 spiro atoms. The standard InChI is InChI=1S/C14H19NO/c1-3-4-13(15-2)9-11-5-6-12-7-8-16-14(12)10-11/h5-8,10,13,15H,3-4,9H2,1-2H3. The molecular formula is C14H19NO. The van der Waals surface area contributed by atoms with E-state index in [1.807, 2.05) is 13.1 Å². The van der Waals surface area contributed by atoms with Crippen LogP contribution in [0.5, 0.6) is 0 Å². The molecule has 2 heteroatoms. The van der Waals surface area contributed by atoms with Gasteiger partial charge in [0, 0.05) is 11.4 Å². The molecule has 0 saturated carbocycles. The summed E-state index contributed by atoms with van der Waals surface area (Å²) in [6.07, 6.45) is 5.25. The SMILES string of the molecule is CCCC(Cc1ccc2ccoc2c1)NC. The van der Waals surface area contributed by atoms with Crippen molar-refractivity contribution in [2.45, 2.75) is 32.2 Å². The minimum atomic E-state index is 0.567. The van der Waals surface area contributed by atoms with Gasteiger partial charge >= 0.3 is 0 Å². The molecule has 0 aliphatic carbocycles. The number of hydrogen-bond donors (Lipinski definition) is 1. The van der Waals surface area contributed by atoms with Crippen molar-refractivity contribution in [1.82, 2.24) is 5.32 Å². The van der Waals surface area contributed by atoms with Gasteiger partial charge in [-0.1, -0.05) is 25.5 Å². The lowest BCUT2D eigenvalue weighted by molar-refractivity contribution is 0.513. The molecule has 1 heterocycles. The van der Waals surface area contributed by atoms with E-state index < -0.39 is 0 Å². The number of benzene rings is 1. The van der Waals surface area contributed by atoms with Crippen LogP contribution in [0.25, 0.3) is 11.0 Å². The van der Waals surface area contributed by atoms with Crippen molar-refractivity contribution in [3.8, 4) is 0 Å². The predicted molar refractivity (Wildman–Crippen MR) is 67.7 cm³/mol. The Labute approximate surface area is 96.6 Å². The molecule has 0 amide bonds. The van der Waals surface area contributed by atoms with Crippen LogP contribution in [0.1, 0.15) is 25.3 Å². The fourth-order valence-corrected chi connectivity index (χ4v) is 2.11. The lowest BCUT2D eigenvalue weighted by atomic mass is 10.0. The van der Waals surface area contributed by atoms with Crippen molar-refractivity contribution in [1.29, 1.82) is 0 Å². The van der Waals surface area contributed by atoms with Crippen molar-refractivity contribution in [2.75, 3.05) is 7.05 Å². The summed E-state index contributed by atoms with van der Waals surface area (Å²) in [5, 5.41) is 4.54. The number of hydrogen-bond acceptors (Lipinski definition) is 2. The highest BCUT2D eigenvalue weighted by molar-refractivity contribution is 5.77. The predicted octanol–water partition coefficient (Wildman–Crippen LogP) is 3.36. The Bertz CT molecular complexity index is 447. The zero-order valence-electron chi connectivity index (χ0n) is 9.99. The van der Waals surface area contributed by atoms with Gasteiger partial charge in [0.05, 0.1) is 6.26 Å². The van der Waals surface area contributed by atoms with E-state index in [1.54, 1.807) is 6.26 Å². The van der Waals surface area contributed by atoms with E-state index in [0.717, 1.165) is 12.0 Å². The van der Waals surface area contributed by atoms with Crippen LogP contribution >= 0.6 is 0 Å². The highest BCUT2D eigenvalue weighted by Gasteiger charge is 2.07. The average Bonchev–Trinajstić information content (AvgIpc) is 2.75. The summed E-state index contributed by atoms with van der Waals surface area (Å²) < 4.78 is 5.41. The van der Waals surface area contributed by atoms with E-state index in [-0.39, 0.29) is 0 Å². The number of rotatable bonds is 5. The topological polar surface area (TPSA) is 25.2 Å². The molecule has 1 aromatic heterocycles. The Morgan fingerprint density at radius 1 is 1.31 bits per heavy atom. The van der Waals surface area contributed by atoms with E-state index in [0.29, 0.717) is 6.04 Å². The summed E-state index contributed by atoms with van der Waals surface area (Å²) >= 11 is 0. The van der Waals surface area contributed by atoms with Crippen molar-refractivity contribution in [3.63, 3.8) is 0 Å². The van der Waals surface area contributed by atoms with Gasteiger partial charge in [0.15, 0.2) is 0 Å². The maximum Gasteiger partial charge on any atom is 0.134 e. The molecule has 0 aliphatic heterocycles. The summed E-state index contributed by atoms with van der Waals surface area (Å²) in [5.74, 6) is 0. The van der Waals surface area contributed by atoms with Crippen LogP contribution < -0.4 is 5.32 Å². The number of furan rings is 1. The normalized spacial score (nSPS) is 13.1. The van der Waals surface area contributed by atoms with Gasteiger partial charge in [0.25, 0.3) is 0 Å². The number of likely N-dealkylation sites (N-methyl/N-ethyl adjacent to an activating group) is 1. The average molecular weight is 217 g/mol. The monoisotopic (exact) mass is 217 g/mol. The molecule has 0 aliphatic rings. The molecule has 0 radical (unpaired) electrons. The van der Waals surface area contributed by atoms with Gasteiger partial charge in [0.2, 0.25) is 0 Å². The van der Waals surface area contributed by atoms with Gasteiger partial charge in [-0.3, -0.25) is 0 Å². The summed E-state index contributed by atoms with van der Waals surface area (Å²) in [6.45, 7) is 2.22. The summed E-state index contributed by atoms with van der Waals surface area (Å²) in [7, 11) is 2.03. The van der Waals surface area contributed by atoms with E-state index >= 15 is 0 Å². The minimum Gasteiger partial charge on any atom is -0.464 e. The summed E-state index contributed by atoms with van der Waals surface area (Å²) in [6, 6.07) is 9.04. The molecule has 1 atom stereocenters. The Kier molecular flexibility index (Phi) is 3.62. The second-order valence-corrected chi connectivity index (χ2v) is 4.27. The Morgan fingerprint density at radius 2 is 2.19 bits per heavy atom. The van der Waals surface area contributed by atoms with Gasteiger partial charge in [-0.25, -0.2) is 0 Å². The summed E-state index contributed by atoms with van der Waals surface area (Å²) in [4.78, 5) is 0. The van der Waals surface area contributed by atoms with Crippen molar-refractivity contribution >= 4 is 11.0 Å². The fourth-order valence-electron chi connectivity index (χ4n) is 2.11. The first-order chi connectivity index (χ1) is 7.83. The maximum atomic E-state index is 5.41. The molecule has 86 valence electrons. The van der Waals surface area contributed by atoms with Gasteiger partial charge in [-0.05, 0) is 37.6 Å². The first-order valence-electron chi connectivity index (χ1n) is 5.97. The Hall–Kier alpha value is -1.28. The maximum absolute atomic E-state index is 5.41. The van der Waals surface area contributed by atoms with Gasteiger partial charge < -0.3 is 9.73 Å². The third-order valence-electron chi connectivity index (χ3n) is 3.05. The van der Waals surface area contributed by atoms with Gasteiger partial charge in [-0.15, -0.1) is 0 Å². The quantitative estimate of drug-likeness (QED) is 0.830. The fraction of sp³-hybridized carbons (Fsp3) is 0.429. The van der Waals surface area contributed by atoms with Crippen molar-refractivity contribution in [3.05, 3.63) is 36.1 Å². The van der Waals surface area contributed by atoms with Crippen molar-refractivity contribution in [2.24, 2.45) is 0 Å². The zero-order chi connectivity index (χ0) is 11.4. The molecule has 2 rings (SSSR count). The molecule has 2 nitrogen and oxygen atoms in total. The highest BCUT2D eigenvalue weighted by atomic mass is 16.3. The lowest BCUT2D eigenvalue weighted by Gasteiger charge is -2.14. The second kappa shape index (κ2) is 5.17. The van der Waals surface area contributed by atoms with Gasteiger partial charge in [-0.2, -0.15) is 0 Å². The van der Waals surface area contributed by atoms with E-state index in [4.69, 9.17) is 4.42 Å². The zero-order valence-corrected chi connectivity index (χ0v) is 9.99. The van der Waals surface area contributed by atoms with Crippen LogP contribution in [-0.4, -0.2) is 13.1 Å². The Morgan fingerprint density at radius 3 is 2.94 bits per heavy atom. The molecule has 16 heavy (non-hydrogen) atoms. The van der Waals surface area contributed by atoms with E-state index in [1.165, 1.54) is 23.8 Å². The molecule has 1 N–H and O–H groups in total. The summed E-state index contributed by atoms with van der Waals surface area (Å²) in [5.41, 5.74) is 2.33. The third kappa shape index (κ3) is 2.45. The van der Waals surface area contributed by atoms with Crippen LogP contribution in [0.15, 0.2) is 34.9 Å². The molecule has 0 bridgehead atoms. The lowest BCUT2D eigenvalue weighted by Crippen LogP contribution is -2.27. The van der Waals surface area contributed by atoms with Crippen LogP contribution in [0, 0.1) is 0 Å². The largest absolute Gasteiger partial charge is 0.464 e. The van der Waals surface area contributed by atoms with E-state index in [2.05, 4.69) is 30.4 Å². The molecule has 0 fully saturated rings. The first kappa shape index (κ1) is 11.2. The van der Waals surface area contributed by atoms with E-state index in [9.17, 15) is 0 Å². The number of fused-ring (bicyclic) bond motifs is 1. The van der Waals surface area contributed by atoms with Crippen molar-refractivity contribution < 1.29 is 4.42 Å². The molecule has 2 aromatic rings. The smallest absolute Gasteiger partial charge is 0.134 e. The minimum absolute atomic E-state index is 0.567. The van der Waals surface area contributed by atoms with Gasteiger partial charge in [0.1, 0.15) is 5.58 Å². The number of nitrogens with one attached hydrogen (secondary N) is 1. The van der Waals surface area contributed by atoms with Crippen LogP contribution in [0.2, 0.25) is 0 Å². The molecule has 1 unspecified atom stereocenters. The molecular weight excluding hydrogens is 198 g/mol. The molecule has 1 aromatic carbocycles. The van der Waals surface area contributed by atoms with Crippen LogP contribution in [0.4, 0.5) is 0 Å². The Balaban J connectivity index is 2.13. The first-order valence-corrected chi connectivity index (χ1v) is 5.97. The second-order valence-electron chi connectivity index (χ2n) is 4.27. The molecule has 0 saturated heterocycles. The highest BCUT2D eigenvalue weighted by Crippen LogP contribution is 2.18. The van der Waals surface area contributed by atoms with Crippen LogP contribution in [-0.2, 0) is 6.42 Å². The third-order valence-corrected chi connectivity index (χ3v) is 3.05.